The quantitative estimate of drug-likeness (QED) is 0.865. The molecule has 0 aliphatic carbocycles. The van der Waals surface area contributed by atoms with Crippen LogP contribution in [0.3, 0.4) is 0 Å². The van der Waals surface area contributed by atoms with E-state index in [1.807, 2.05) is 11.0 Å². The maximum Gasteiger partial charge on any atom is 0.339 e. The molecule has 1 aliphatic heterocycles. The van der Waals surface area contributed by atoms with Gasteiger partial charge in [0.1, 0.15) is 23.2 Å². The number of aryl methyl sites for hydroxylation is 1. The Labute approximate surface area is 133 Å². The number of hydrogen-bond acceptors (Lipinski definition) is 7. The van der Waals surface area contributed by atoms with Crippen molar-refractivity contribution in [2.45, 2.75) is 20.4 Å². The van der Waals surface area contributed by atoms with Gasteiger partial charge in [0, 0.05) is 6.20 Å². The molecule has 1 aliphatic rings. The number of aliphatic hydroxyl groups is 1. The predicted octanol–water partition coefficient (Wildman–Crippen LogP) is 2.23. The third-order valence-electron chi connectivity index (χ3n) is 3.53. The van der Waals surface area contributed by atoms with Crippen LogP contribution >= 0.6 is 0 Å². The van der Waals surface area contributed by atoms with E-state index in [1.165, 1.54) is 6.20 Å². The minimum atomic E-state index is -0.541. The first-order valence-corrected chi connectivity index (χ1v) is 7.30. The highest BCUT2D eigenvalue weighted by molar-refractivity contribution is 5.99. The van der Waals surface area contributed by atoms with Crippen molar-refractivity contribution in [1.82, 2.24) is 9.97 Å². The van der Waals surface area contributed by atoms with Gasteiger partial charge in [-0.3, -0.25) is 0 Å². The van der Waals surface area contributed by atoms with E-state index in [-0.39, 0.29) is 24.5 Å². The number of fused-ring (bicyclic) bond motifs is 1. The van der Waals surface area contributed by atoms with Gasteiger partial charge in [-0.15, -0.1) is 0 Å². The number of carbonyl (C=O) groups excluding carboxylic acids is 1. The average Bonchev–Trinajstić information content (AvgIpc) is 3.03. The average molecular weight is 315 g/mol. The van der Waals surface area contributed by atoms with Crippen molar-refractivity contribution in [2.75, 3.05) is 18.1 Å². The monoisotopic (exact) mass is 315 g/mol. The number of ether oxygens (including phenoxy) is 1. The summed E-state index contributed by atoms with van der Waals surface area (Å²) >= 11 is 0. The van der Waals surface area contributed by atoms with Gasteiger partial charge in [0.25, 0.3) is 0 Å². The zero-order valence-corrected chi connectivity index (χ0v) is 12.9. The smallest absolute Gasteiger partial charge is 0.339 e. The van der Waals surface area contributed by atoms with E-state index < -0.39 is 5.97 Å². The molecule has 7 nitrogen and oxygen atoms in total. The lowest BCUT2D eigenvalue weighted by atomic mass is 10.0. The number of aromatic nitrogens is 2. The standard InChI is InChI=1S/C16H17N3O4/c1-3-22-16(21)13-9-19(8-11-5-4-6-23-11)15-12(14(13)20)7-17-10(2)18-15/h4-7,20H,3,8-9H2,1-2H3. The number of carbonyl (C=O) groups is 1. The highest BCUT2D eigenvalue weighted by Gasteiger charge is 2.31. The first kappa shape index (κ1) is 15.1. The van der Waals surface area contributed by atoms with Crippen LogP contribution in [0.25, 0.3) is 5.76 Å². The second-order valence-electron chi connectivity index (χ2n) is 5.14. The van der Waals surface area contributed by atoms with Gasteiger partial charge < -0.3 is 19.2 Å². The van der Waals surface area contributed by atoms with Crippen LogP contribution in [0.5, 0.6) is 0 Å². The van der Waals surface area contributed by atoms with Gasteiger partial charge >= 0.3 is 5.97 Å². The van der Waals surface area contributed by atoms with Crippen LogP contribution in [0.1, 0.15) is 24.1 Å². The molecule has 0 saturated heterocycles. The summed E-state index contributed by atoms with van der Waals surface area (Å²) in [6.07, 6.45) is 3.10. The Kier molecular flexibility index (Phi) is 4.01. The van der Waals surface area contributed by atoms with Gasteiger partial charge in [-0.25, -0.2) is 14.8 Å². The number of hydrogen-bond donors (Lipinski definition) is 1. The summed E-state index contributed by atoms with van der Waals surface area (Å²) in [5.41, 5.74) is 0.606. The van der Waals surface area contributed by atoms with Gasteiger partial charge in [-0.2, -0.15) is 0 Å². The number of esters is 1. The molecule has 0 saturated carbocycles. The molecule has 0 radical (unpaired) electrons. The Balaban J connectivity index is 2.02. The molecule has 23 heavy (non-hydrogen) atoms. The summed E-state index contributed by atoms with van der Waals surface area (Å²) in [4.78, 5) is 22.5. The van der Waals surface area contributed by atoms with E-state index in [0.29, 0.717) is 23.8 Å². The van der Waals surface area contributed by atoms with Gasteiger partial charge in [-0.1, -0.05) is 0 Å². The van der Waals surface area contributed by atoms with E-state index in [2.05, 4.69) is 9.97 Å². The van der Waals surface area contributed by atoms with Crippen LogP contribution in [-0.4, -0.2) is 34.2 Å². The minimum absolute atomic E-state index is 0.130. The summed E-state index contributed by atoms with van der Waals surface area (Å²) in [5.74, 6) is 1.21. The molecule has 3 heterocycles. The molecule has 0 unspecified atom stereocenters. The molecule has 2 aromatic heterocycles. The van der Waals surface area contributed by atoms with E-state index in [1.54, 1.807) is 26.2 Å². The Hall–Kier alpha value is -2.83. The van der Waals surface area contributed by atoms with Gasteiger partial charge in [0.05, 0.1) is 37.1 Å². The molecule has 0 fully saturated rings. The maximum atomic E-state index is 12.1. The number of aliphatic hydroxyl groups excluding tert-OH is 1. The first-order chi connectivity index (χ1) is 11.1. The van der Waals surface area contributed by atoms with Crippen LogP contribution in [0, 0.1) is 6.92 Å². The lowest BCUT2D eigenvalue weighted by Gasteiger charge is -2.30. The van der Waals surface area contributed by atoms with Crippen LogP contribution in [0.2, 0.25) is 0 Å². The molecule has 1 N–H and O–H groups in total. The Morgan fingerprint density at radius 3 is 3.04 bits per heavy atom. The van der Waals surface area contributed by atoms with Gasteiger partial charge in [0.2, 0.25) is 0 Å². The predicted molar refractivity (Wildman–Crippen MR) is 82.7 cm³/mol. The van der Waals surface area contributed by atoms with Crippen molar-refractivity contribution in [2.24, 2.45) is 0 Å². The lowest BCUT2D eigenvalue weighted by molar-refractivity contribution is -0.138. The van der Waals surface area contributed by atoms with Crippen LogP contribution < -0.4 is 4.90 Å². The SMILES string of the molecule is CCOC(=O)C1=C(O)c2cnc(C)nc2N(Cc2ccco2)C1. The first-order valence-electron chi connectivity index (χ1n) is 7.30. The highest BCUT2D eigenvalue weighted by atomic mass is 16.5. The zero-order chi connectivity index (χ0) is 16.4. The summed E-state index contributed by atoms with van der Waals surface area (Å²) < 4.78 is 10.4. The molecular weight excluding hydrogens is 298 g/mol. The Morgan fingerprint density at radius 1 is 1.52 bits per heavy atom. The molecular formula is C16H17N3O4. The molecule has 0 spiro atoms. The number of nitrogens with zero attached hydrogens (tertiary/aromatic N) is 3. The fourth-order valence-electron chi connectivity index (χ4n) is 2.47. The maximum absolute atomic E-state index is 12.1. The van der Waals surface area contributed by atoms with Crippen LogP contribution in [0.4, 0.5) is 5.82 Å². The molecule has 0 atom stereocenters. The molecule has 120 valence electrons. The molecule has 2 aromatic rings. The summed E-state index contributed by atoms with van der Waals surface area (Å²) in [6, 6.07) is 3.64. The van der Waals surface area contributed by atoms with E-state index in [0.717, 1.165) is 5.76 Å². The number of rotatable bonds is 4. The highest BCUT2D eigenvalue weighted by Crippen LogP contribution is 2.32. The normalized spacial score (nSPS) is 13.9. The van der Waals surface area contributed by atoms with Crippen molar-refractivity contribution in [3.8, 4) is 0 Å². The molecule has 0 aromatic carbocycles. The molecule has 7 heteroatoms. The summed E-state index contributed by atoms with van der Waals surface area (Å²) in [7, 11) is 0. The molecule has 0 amide bonds. The third-order valence-corrected chi connectivity index (χ3v) is 3.53. The topological polar surface area (TPSA) is 88.7 Å². The van der Waals surface area contributed by atoms with Gasteiger partial charge in [0.15, 0.2) is 0 Å². The lowest BCUT2D eigenvalue weighted by Crippen LogP contribution is -2.34. The second kappa shape index (κ2) is 6.12. The summed E-state index contributed by atoms with van der Waals surface area (Å²) in [6.45, 7) is 4.35. The molecule has 0 bridgehead atoms. The van der Waals surface area contributed by atoms with E-state index >= 15 is 0 Å². The van der Waals surface area contributed by atoms with Crippen molar-refractivity contribution in [1.29, 1.82) is 0 Å². The fourth-order valence-corrected chi connectivity index (χ4v) is 2.47. The third kappa shape index (κ3) is 2.90. The number of furan rings is 1. The van der Waals surface area contributed by atoms with Crippen molar-refractivity contribution >= 4 is 17.5 Å². The zero-order valence-electron chi connectivity index (χ0n) is 12.9. The number of anilines is 1. The van der Waals surface area contributed by atoms with E-state index in [9.17, 15) is 9.90 Å². The molecule has 3 rings (SSSR count). The van der Waals surface area contributed by atoms with E-state index in [4.69, 9.17) is 9.15 Å². The largest absolute Gasteiger partial charge is 0.506 e. The van der Waals surface area contributed by atoms with Crippen molar-refractivity contribution < 1.29 is 19.1 Å². The second-order valence-corrected chi connectivity index (χ2v) is 5.14. The fraction of sp³-hybridized carbons (Fsp3) is 0.312. The van der Waals surface area contributed by atoms with Crippen molar-refractivity contribution in [3.63, 3.8) is 0 Å². The minimum Gasteiger partial charge on any atom is -0.506 e. The Bertz CT molecular complexity index is 753. The van der Waals surface area contributed by atoms with Crippen LogP contribution in [-0.2, 0) is 16.1 Å². The van der Waals surface area contributed by atoms with Crippen LogP contribution in [0.15, 0.2) is 34.6 Å². The summed E-state index contributed by atoms with van der Waals surface area (Å²) in [5, 5.41) is 10.4. The van der Waals surface area contributed by atoms with Crippen molar-refractivity contribution in [3.05, 3.63) is 47.3 Å². The van der Waals surface area contributed by atoms with Gasteiger partial charge in [-0.05, 0) is 26.0 Å². The Morgan fingerprint density at radius 2 is 2.35 bits per heavy atom.